The van der Waals surface area contributed by atoms with Gasteiger partial charge in [-0.2, -0.15) is 4.68 Å². The third-order valence-electron chi connectivity index (χ3n) is 4.44. The molecule has 1 unspecified atom stereocenters. The average molecular weight is 285 g/mol. The number of anilines is 1. The highest BCUT2D eigenvalue weighted by atomic mass is 15.5. The fourth-order valence-electron chi connectivity index (χ4n) is 3.09. The van der Waals surface area contributed by atoms with Gasteiger partial charge in [-0.15, -0.1) is 5.10 Å². The Kier molecular flexibility index (Phi) is 3.90. The molecular formula is C16H23N5. The van der Waals surface area contributed by atoms with E-state index in [0.717, 1.165) is 11.4 Å². The highest BCUT2D eigenvalue weighted by Gasteiger charge is 2.24. The zero-order valence-corrected chi connectivity index (χ0v) is 12.8. The van der Waals surface area contributed by atoms with Crippen LogP contribution in [0.5, 0.6) is 0 Å². The number of benzene rings is 1. The molecule has 1 aliphatic carbocycles. The first kappa shape index (κ1) is 14.0. The molecule has 1 heterocycles. The number of nitrogens with one attached hydrogen (secondary N) is 1. The standard InChI is InChI=1S/C16H23N5/c1-16(2)10-5-6-13(9-11-16)18-14-7-3-4-8-15(14)21-12-17-19-20-21/h3-4,7-8,12-13,18H,5-6,9-11H2,1-2H3. The smallest absolute Gasteiger partial charge is 0.143 e. The maximum atomic E-state index is 4.00. The summed E-state index contributed by atoms with van der Waals surface area (Å²) in [5.74, 6) is 0. The first-order chi connectivity index (χ1) is 10.1. The summed E-state index contributed by atoms with van der Waals surface area (Å²) in [6, 6.07) is 8.74. The van der Waals surface area contributed by atoms with E-state index in [-0.39, 0.29) is 0 Å². The topological polar surface area (TPSA) is 55.6 Å². The molecule has 0 spiro atoms. The Hall–Kier alpha value is -1.91. The summed E-state index contributed by atoms with van der Waals surface area (Å²) in [7, 11) is 0. The first-order valence-electron chi connectivity index (χ1n) is 7.73. The van der Waals surface area contributed by atoms with Crippen molar-refractivity contribution < 1.29 is 0 Å². The first-order valence-corrected chi connectivity index (χ1v) is 7.73. The molecule has 2 aromatic rings. The molecule has 0 aliphatic heterocycles. The molecule has 1 N–H and O–H groups in total. The molecule has 0 radical (unpaired) electrons. The molecule has 1 aliphatic rings. The molecule has 1 fully saturated rings. The number of aromatic nitrogens is 4. The lowest BCUT2D eigenvalue weighted by Gasteiger charge is -2.23. The molecule has 0 amide bonds. The predicted molar refractivity (Wildman–Crippen MR) is 83.4 cm³/mol. The maximum absolute atomic E-state index is 4.00. The van der Waals surface area contributed by atoms with Crippen LogP contribution < -0.4 is 5.32 Å². The second kappa shape index (κ2) is 5.84. The molecular weight excluding hydrogens is 262 g/mol. The normalized spacial score (nSPS) is 21.7. The number of nitrogens with zero attached hydrogens (tertiary/aromatic N) is 4. The van der Waals surface area contributed by atoms with E-state index in [1.807, 2.05) is 12.1 Å². The van der Waals surface area contributed by atoms with Gasteiger partial charge in [0.1, 0.15) is 6.33 Å². The van der Waals surface area contributed by atoms with E-state index < -0.39 is 0 Å². The zero-order chi connectivity index (χ0) is 14.7. The van der Waals surface area contributed by atoms with E-state index in [9.17, 15) is 0 Å². The van der Waals surface area contributed by atoms with Crippen molar-refractivity contribution in [3.8, 4) is 5.69 Å². The minimum atomic E-state index is 0.478. The molecule has 5 nitrogen and oxygen atoms in total. The van der Waals surface area contributed by atoms with Crippen molar-refractivity contribution in [3.05, 3.63) is 30.6 Å². The van der Waals surface area contributed by atoms with Gasteiger partial charge >= 0.3 is 0 Å². The number of hydrogen-bond donors (Lipinski definition) is 1. The predicted octanol–water partition coefficient (Wildman–Crippen LogP) is 3.43. The zero-order valence-electron chi connectivity index (χ0n) is 12.8. The number of tetrazole rings is 1. The van der Waals surface area contributed by atoms with E-state index in [1.165, 1.54) is 32.1 Å². The minimum absolute atomic E-state index is 0.478. The molecule has 3 rings (SSSR count). The second-order valence-corrected chi connectivity index (χ2v) is 6.71. The average Bonchev–Trinajstić information content (AvgIpc) is 2.93. The minimum Gasteiger partial charge on any atom is -0.381 e. The van der Waals surface area contributed by atoms with Crippen LogP contribution in [0.3, 0.4) is 0 Å². The summed E-state index contributed by atoms with van der Waals surface area (Å²) in [6.45, 7) is 4.76. The highest BCUT2D eigenvalue weighted by Crippen LogP contribution is 2.35. The maximum Gasteiger partial charge on any atom is 0.143 e. The highest BCUT2D eigenvalue weighted by molar-refractivity contribution is 5.60. The van der Waals surface area contributed by atoms with Gasteiger partial charge in [0.2, 0.25) is 0 Å². The Labute approximate surface area is 125 Å². The summed E-state index contributed by atoms with van der Waals surface area (Å²) in [6.07, 6.45) is 7.97. The van der Waals surface area contributed by atoms with Crippen molar-refractivity contribution >= 4 is 5.69 Å². The van der Waals surface area contributed by atoms with E-state index in [4.69, 9.17) is 0 Å². The summed E-state index contributed by atoms with van der Waals surface area (Å²) in [4.78, 5) is 0. The SMILES string of the molecule is CC1(C)CCCC(Nc2ccccc2-n2cnnn2)CC1. The number of hydrogen-bond acceptors (Lipinski definition) is 4. The van der Waals surface area contributed by atoms with Crippen LogP contribution >= 0.6 is 0 Å². The Morgan fingerprint density at radius 1 is 1.19 bits per heavy atom. The van der Waals surface area contributed by atoms with Crippen LogP contribution in [0.25, 0.3) is 5.69 Å². The Morgan fingerprint density at radius 3 is 2.86 bits per heavy atom. The number of rotatable bonds is 3. The molecule has 1 saturated carbocycles. The third kappa shape index (κ3) is 3.40. The van der Waals surface area contributed by atoms with Crippen LogP contribution in [0.4, 0.5) is 5.69 Å². The van der Waals surface area contributed by atoms with Crippen molar-refractivity contribution in [2.75, 3.05) is 5.32 Å². The van der Waals surface area contributed by atoms with Gasteiger partial charge in [-0.1, -0.05) is 32.4 Å². The van der Waals surface area contributed by atoms with Gasteiger partial charge in [-0.25, -0.2) is 0 Å². The summed E-state index contributed by atoms with van der Waals surface area (Å²) in [5.41, 5.74) is 2.59. The largest absolute Gasteiger partial charge is 0.381 e. The van der Waals surface area contributed by atoms with Gasteiger partial charge in [0.05, 0.1) is 11.4 Å². The fourth-order valence-corrected chi connectivity index (χ4v) is 3.09. The molecule has 5 heteroatoms. The van der Waals surface area contributed by atoms with Crippen molar-refractivity contribution in [3.63, 3.8) is 0 Å². The molecule has 21 heavy (non-hydrogen) atoms. The van der Waals surface area contributed by atoms with E-state index in [2.05, 4.69) is 46.8 Å². The van der Waals surface area contributed by atoms with Crippen molar-refractivity contribution in [1.29, 1.82) is 0 Å². The van der Waals surface area contributed by atoms with Crippen molar-refractivity contribution in [2.24, 2.45) is 5.41 Å². The molecule has 1 aromatic carbocycles. The Morgan fingerprint density at radius 2 is 2.05 bits per heavy atom. The van der Waals surface area contributed by atoms with Gasteiger partial charge in [-0.05, 0) is 53.7 Å². The van der Waals surface area contributed by atoms with E-state index in [0.29, 0.717) is 11.5 Å². The van der Waals surface area contributed by atoms with E-state index in [1.54, 1.807) is 11.0 Å². The van der Waals surface area contributed by atoms with Gasteiger partial charge < -0.3 is 5.32 Å². The Bertz CT molecular complexity index is 576. The molecule has 1 atom stereocenters. The van der Waals surface area contributed by atoms with Crippen LogP contribution in [0, 0.1) is 5.41 Å². The lowest BCUT2D eigenvalue weighted by molar-refractivity contribution is 0.313. The van der Waals surface area contributed by atoms with E-state index >= 15 is 0 Å². The summed E-state index contributed by atoms with van der Waals surface area (Å²) < 4.78 is 1.71. The van der Waals surface area contributed by atoms with Gasteiger partial charge in [-0.3, -0.25) is 0 Å². The monoisotopic (exact) mass is 285 g/mol. The van der Waals surface area contributed by atoms with Gasteiger partial charge in [0, 0.05) is 6.04 Å². The number of para-hydroxylation sites is 2. The van der Waals surface area contributed by atoms with Crippen molar-refractivity contribution in [1.82, 2.24) is 20.2 Å². The summed E-state index contributed by atoms with van der Waals surface area (Å²) in [5, 5.41) is 15.1. The van der Waals surface area contributed by atoms with Crippen molar-refractivity contribution in [2.45, 2.75) is 52.0 Å². The lowest BCUT2D eigenvalue weighted by atomic mass is 9.85. The second-order valence-electron chi connectivity index (χ2n) is 6.71. The fraction of sp³-hybridized carbons (Fsp3) is 0.562. The molecule has 0 saturated heterocycles. The van der Waals surface area contributed by atoms with Gasteiger partial charge in [0.15, 0.2) is 0 Å². The van der Waals surface area contributed by atoms with Gasteiger partial charge in [0.25, 0.3) is 0 Å². The van der Waals surface area contributed by atoms with Crippen LogP contribution in [0.15, 0.2) is 30.6 Å². The van der Waals surface area contributed by atoms with Crippen LogP contribution in [-0.4, -0.2) is 26.2 Å². The van der Waals surface area contributed by atoms with Crippen LogP contribution in [-0.2, 0) is 0 Å². The third-order valence-corrected chi connectivity index (χ3v) is 4.44. The van der Waals surface area contributed by atoms with Crippen LogP contribution in [0.2, 0.25) is 0 Å². The van der Waals surface area contributed by atoms with Crippen LogP contribution in [0.1, 0.15) is 46.0 Å². The molecule has 1 aromatic heterocycles. The lowest BCUT2D eigenvalue weighted by Crippen LogP contribution is -2.20. The molecule has 112 valence electrons. The Balaban J connectivity index is 1.76. The summed E-state index contributed by atoms with van der Waals surface area (Å²) >= 11 is 0. The quantitative estimate of drug-likeness (QED) is 0.878. The molecule has 0 bridgehead atoms.